The lowest BCUT2D eigenvalue weighted by Crippen LogP contribution is -2.47. The summed E-state index contributed by atoms with van der Waals surface area (Å²) in [6.45, 7) is 4.05. The van der Waals surface area contributed by atoms with Crippen molar-refractivity contribution in [2.45, 2.75) is 52.3 Å². The van der Waals surface area contributed by atoms with Crippen LogP contribution < -0.4 is 0 Å². The van der Waals surface area contributed by atoms with Crippen LogP contribution in [-0.4, -0.2) is 36.2 Å². The van der Waals surface area contributed by atoms with Crippen molar-refractivity contribution in [1.29, 1.82) is 0 Å². The molecular weight excluding hydrogens is 387 g/mol. The van der Waals surface area contributed by atoms with Crippen LogP contribution in [0.15, 0.2) is 12.1 Å². The number of rotatable bonds is 3. The standard InChI is InChI=1S/C21H24F3NO4/c1-12(2)20(6-4-15(26)10-20)19(28)25-7-5-16-13(11-25)8-14(21(22,23)24)9-17(16)18(27)29-3/h8-9,12H,4-7,10-11H2,1-3H3/t20-/m0/s1. The fourth-order valence-corrected chi connectivity index (χ4v) is 4.46. The Hall–Kier alpha value is -2.38. The number of hydrogen-bond donors (Lipinski definition) is 0. The molecule has 5 nitrogen and oxygen atoms in total. The average Bonchev–Trinajstić information content (AvgIpc) is 3.07. The molecular formula is C21H24F3NO4. The van der Waals surface area contributed by atoms with Gasteiger partial charge in [-0.2, -0.15) is 13.2 Å². The second-order valence-corrected chi connectivity index (χ2v) is 8.15. The van der Waals surface area contributed by atoms with Gasteiger partial charge in [-0.05, 0) is 42.0 Å². The van der Waals surface area contributed by atoms with Gasteiger partial charge in [-0.3, -0.25) is 9.59 Å². The van der Waals surface area contributed by atoms with Crippen molar-refractivity contribution >= 4 is 17.7 Å². The van der Waals surface area contributed by atoms with E-state index in [0.717, 1.165) is 19.2 Å². The fraction of sp³-hybridized carbons (Fsp3) is 0.571. The smallest absolute Gasteiger partial charge is 0.416 e. The van der Waals surface area contributed by atoms with Gasteiger partial charge in [0.1, 0.15) is 5.78 Å². The lowest BCUT2D eigenvalue weighted by atomic mass is 9.74. The van der Waals surface area contributed by atoms with Gasteiger partial charge in [-0.15, -0.1) is 0 Å². The fourth-order valence-electron chi connectivity index (χ4n) is 4.46. The van der Waals surface area contributed by atoms with E-state index < -0.39 is 23.1 Å². The van der Waals surface area contributed by atoms with E-state index in [4.69, 9.17) is 0 Å². The summed E-state index contributed by atoms with van der Waals surface area (Å²) in [5, 5.41) is 0. The molecule has 1 atom stereocenters. The lowest BCUT2D eigenvalue weighted by molar-refractivity contribution is -0.146. The van der Waals surface area contributed by atoms with Crippen molar-refractivity contribution in [3.05, 3.63) is 34.4 Å². The summed E-state index contributed by atoms with van der Waals surface area (Å²) in [6, 6.07) is 1.82. The molecule has 1 aromatic rings. The van der Waals surface area contributed by atoms with E-state index in [2.05, 4.69) is 4.74 Å². The maximum Gasteiger partial charge on any atom is 0.416 e. The van der Waals surface area contributed by atoms with Crippen LogP contribution in [0.1, 0.15) is 60.2 Å². The summed E-state index contributed by atoms with van der Waals surface area (Å²) in [5.41, 5.74) is -1.08. The highest BCUT2D eigenvalue weighted by atomic mass is 19.4. The summed E-state index contributed by atoms with van der Waals surface area (Å²) >= 11 is 0. The van der Waals surface area contributed by atoms with E-state index in [-0.39, 0.29) is 49.1 Å². The molecule has 1 aromatic carbocycles. The van der Waals surface area contributed by atoms with Gasteiger partial charge in [-0.25, -0.2) is 4.79 Å². The molecule has 8 heteroatoms. The highest BCUT2D eigenvalue weighted by Gasteiger charge is 2.49. The topological polar surface area (TPSA) is 63.7 Å². The Morgan fingerprint density at radius 1 is 1.21 bits per heavy atom. The third-order valence-electron chi connectivity index (χ3n) is 6.25. The van der Waals surface area contributed by atoms with Crippen molar-refractivity contribution in [1.82, 2.24) is 4.90 Å². The van der Waals surface area contributed by atoms with Crippen LogP contribution in [0.25, 0.3) is 0 Å². The van der Waals surface area contributed by atoms with E-state index in [1.807, 2.05) is 13.8 Å². The second kappa shape index (κ2) is 7.46. The Morgan fingerprint density at radius 2 is 1.90 bits per heavy atom. The van der Waals surface area contributed by atoms with Crippen LogP contribution >= 0.6 is 0 Å². The molecule has 0 bridgehead atoms. The van der Waals surface area contributed by atoms with Gasteiger partial charge in [0.05, 0.1) is 23.7 Å². The van der Waals surface area contributed by atoms with Crippen LogP contribution in [0.2, 0.25) is 0 Å². The molecule has 1 heterocycles. The highest BCUT2D eigenvalue weighted by molar-refractivity contribution is 5.94. The number of ether oxygens (including phenoxy) is 1. The van der Waals surface area contributed by atoms with E-state index in [1.165, 1.54) is 4.90 Å². The zero-order valence-electron chi connectivity index (χ0n) is 16.7. The first kappa shape index (κ1) is 21.3. The molecule has 0 N–H and O–H groups in total. The minimum atomic E-state index is -4.62. The first-order valence-corrected chi connectivity index (χ1v) is 9.62. The quantitative estimate of drug-likeness (QED) is 0.711. The van der Waals surface area contributed by atoms with Gasteiger partial charge in [0.15, 0.2) is 0 Å². The van der Waals surface area contributed by atoms with Gasteiger partial charge < -0.3 is 9.64 Å². The molecule has 3 rings (SSSR count). The number of methoxy groups -OCH3 is 1. The predicted molar refractivity (Wildman–Crippen MR) is 98.0 cm³/mol. The molecule has 0 aromatic heterocycles. The number of hydrogen-bond acceptors (Lipinski definition) is 4. The number of Topliss-reactive ketones (excluding diaryl/α,β-unsaturated/α-hetero) is 1. The molecule has 1 fully saturated rings. The van der Waals surface area contributed by atoms with Gasteiger partial charge in [0.2, 0.25) is 5.91 Å². The summed E-state index contributed by atoms with van der Waals surface area (Å²) < 4.78 is 44.7. The zero-order chi connectivity index (χ0) is 21.6. The first-order valence-electron chi connectivity index (χ1n) is 9.62. The normalized spacial score (nSPS) is 22.0. The summed E-state index contributed by atoms with van der Waals surface area (Å²) in [6.07, 6.45) is -3.39. The molecule has 158 valence electrons. The van der Waals surface area contributed by atoms with Gasteiger partial charge in [0, 0.05) is 25.9 Å². The molecule has 0 unspecified atom stereocenters. The molecule has 1 amide bonds. The molecule has 29 heavy (non-hydrogen) atoms. The maximum absolute atomic E-state index is 13.3. The zero-order valence-corrected chi connectivity index (χ0v) is 16.7. The molecule has 1 aliphatic heterocycles. The van der Waals surface area contributed by atoms with Crippen LogP contribution in [0.5, 0.6) is 0 Å². The number of benzene rings is 1. The van der Waals surface area contributed by atoms with Crippen molar-refractivity contribution in [3.63, 3.8) is 0 Å². The van der Waals surface area contributed by atoms with Crippen molar-refractivity contribution < 1.29 is 32.3 Å². The van der Waals surface area contributed by atoms with Crippen LogP contribution in [-0.2, 0) is 33.5 Å². The number of nitrogens with zero attached hydrogens (tertiary/aromatic N) is 1. The highest BCUT2D eigenvalue weighted by Crippen LogP contribution is 2.45. The Kier molecular flexibility index (Phi) is 5.49. The van der Waals surface area contributed by atoms with Crippen molar-refractivity contribution in [2.24, 2.45) is 11.3 Å². The molecule has 0 radical (unpaired) electrons. The maximum atomic E-state index is 13.3. The minimum absolute atomic E-state index is 0.0231. The number of ketones is 1. The van der Waals surface area contributed by atoms with Gasteiger partial charge in [0.25, 0.3) is 0 Å². The third kappa shape index (κ3) is 3.76. The Balaban J connectivity index is 1.99. The lowest BCUT2D eigenvalue weighted by Gasteiger charge is -2.39. The molecule has 0 spiro atoms. The van der Waals surface area contributed by atoms with E-state index in [1.54, 1.807) is 0 Å². The van der Waals surface area contributed by atoms with Gasteiger partial charge >= 0.3 is 12.1 Å². The van der Waals surface area contributed by atoms with Gasteiger partial charge in [-0.1, -0.05) is 13.8 Å². The van der Waals surface area contributed by atoms with Crippen LogP contribution in [0.3, 0.4) is 0 Å². The first-order chi connectivity index (χ1) is 13.5. The number of esters is 1. The number of carbonyl (C=O) groups is 3. The number of fused-ring (bicyclic) bond motifs is 1. The monoisotopic (exact) mass is 411 g/mol. The van der Waals surface area contributed by atoms with E-state index in [9.17, 15) is 27.6 Å². The SMILES string of the molecule is COC(=O)c1cc(C(F)(F)F)cc2c1CCN(C(=O)[C@@]1(C(C)C)CCC(=O)C1)C2. The number of amides is 1. The summed E-state index contributed by atoms with van der Waals surface area (Å²) in [4.78, 5) is 38.8. The number of alkyl halides is 3. The van der Waals surface area contributed by atoms with Crippen LogP contribution in [0.4, 0.5) is 13.2 Å². The Morgan fingerprint density at radius 3 is 2.41 bits per heavy atom. The molecule has 1 aliphatic carbocycles. The van der Waals surface area contributed by atoms with Crippen molar-refractivity contribution in [3.8, 4) is 0 Å². The molecule has 2 aliphatic rings. The van der Waals surface area contributed by atoms with E-state index in [0.29, 0.717) is 24.0 Å². The Bertz CT molecular complexity index is 862. The Labute approximate surface area is 167 Å². The number of carbonyl (C=O) groups excluding carboxylic acids is 3. The third-order valence-corrected chi connectivity index (χ3v) is 6.25. The average molecular weight is 411 g/mol. The largest absolute Gasteiger partial charge is 0.465 e. The van der Waals surface area contributed by atoms with E-state index >= 15 is 0 Å². The summed E-state index contributed by atoms with van der Waals surface area (Å²) in [5.74, 6) is -1.04. The summed E-state index contributed by atoms with van der Waals surface area (Å²) in [7, 11) is 1.12. The second-order valence-electron chi connectivity index (χ2n) is 8.15. The molecule has 1 saturated carbocycles. The minimum Gasteiger partial charge on any atom is -0.465 e. The molecule has 0 saturated heterocycles. The predicted octanol–water partition coefficient (Wildman–Crippen LogP) is 3.77. The number of halogens is 3. The van der Waals surface area contributed by atoms with Crippen molar-refractivity contribution in [2.75, 3.05) is 13.7 Å². The van der Waals surface area contributed by atoms with Crippen LogP contribution in [0, 0.1) is 11.3 Å².